The molecule has 0 amide bonds. The lowest BCUT2D eigenvalue weighted by atomic mass is 9.95. The molecular weight excluding hydrogens is 249 g/mol. The predicted molar refractivity (Wildman–Crippen MR) is 80.1 cm³/mol. The molecule has 3 rings (SSSR count). The van der Waals surface area contributed by atoms with Crippen LogP contribution in [0, 0.1) is 5.82 Å². The van der Waals surface area contributed by atoms with E-state index < -0.39 is 0 Å². The number of piperidine rings is 1. The predicted octanol–water partition coefficient (Wildman–Crippen LogP) is 4.40. The fourth-order valence-corrected chi connectivity index (χ4v) is 3.07. The molecule has 2 aromatic rings. The third-order valence-corrected chi connectivity index (χ3v) is 4.06. The molecule has 0 aliphatic carbocycles. The lowest BCUT2D eigenvalue weighted by Crippen LogP contribution is -2.34. The van der Waals surface area contributed by atoms with Crippen LogP contribution in [0.15, 0.2) is 54.6 Å². The first-order valence-electron chi connectivity index (χ1n) is 7.39. The van der Waals surface area contributed by atoms with Gasteiger partial charge in [0.05, 0.1) is 6.04 Å². The Hall–Kier alpha value is -1.67. The molecule has 1 atom stereocenters. The zero-order chi connectivity index (χ0) is 13.8. The van der Waals surface area contributed by atoms with E-state index in [1.54, 1.807) is 12.1 Å². The Bertz CT molecular complexity index is 529. The molecule has 1 aliphatic heterocycles. The van der Waals surface area contributed by atoms with E-state index in [2.05, 4.69) is 29.2 Å². The minimum atomic E-state index is -0.167. The molecule has 0 spiro atoms. The maximum atomic E-state index is 13.2. The standard InChI is InChI=1S/C18H20FN/c19-17-11-9-16(10-12-17)18(15-7-3-1-4-8-15)20-13-5-2-6-14-20/h1,3-4,7-12,18H,2,5-6,13-14H2. The molecular formula is C18H20FN. The molecule has 2 heteroatoms. The Kier molecular flexibility index (Phi) is 4.12. The van der Waals surface area contributed by atoms with E-state index in [0.717, 1.165) is 13.1 Å². The zero-order valence-corrected chi connectivity index (χ0v) is 11.6. The number of hydrogen-bond acceptors (Lipinski definition) is 1. The molecule has 1 fully saturated rings. The second-order valence-electron chi connectivity index (χ2n) is 5.46. The van der Waals surface area contributed by atoms with Gasteiger partial charge in [-0.1, -0.05) is 48.9 Å². The average molecular weight is 269 g/mol. The maximum absolute atomic E-state index is 13.2. The SMILES string of the molecule is Fc1ccc(C(c2ccccc2)N2CCCCC2)cc1. The van der Waals surface area contributed by atoms with E-state index in [0.29, 0.717) is 0 Å². The van der Waals surface area contributed by atoms with Gasteiger partial charge in [0.15, 0.2) is 0 Å². The van der Waals surface area contributed by atoms with Crippen molar-refractivity contribution in [2.45, 2.75) is 25.3 Å². The molecule has 1 heterocycles. The molecule has 20 heavy (non-hydrogen) atoms. The van der Waals surface area contributed by atoms with E-state index in [4.69, 9.17) is 0 Å². The Balaban J connectivity index is 1.96. The molecule has 2 aromatic carbocycles. The highest BCUT2D eigenvalue weighted by atomic mass is 19.1. The summed E-state index contributed by atoms with van der Waals surface area (Å²) >= 11 is 0. The first-order valence-corrected chi connectivity index (χ1v) is 7.39. The van der Waals surface area contributed by atoms with Gasteiger partial charge in [0, 0.05) is 0 Å². The van der Waals surface area contributed by atoms with Gasteiger partial charge in [-0.25, -0.2) is 4.39 Å². The maximum Gasteiger partial charge on any atom is 0.123 e. The minimum Gasteiger partial charge on any atom is -0.292 e. The van der Waals surface area contributed by atoms with Crippen LogP contribution in [0.1, 0.15) is 36.4 Å². The summed E-state index contributed by atoms with van der Waals surface area (Å²) in [6.45, 7) is 2.24. The summed E-state index contributed by atoms with van der Waals surface area (Å²) in [5.41, 5.74) is 2.47. The molecule has 1 nitrogen and oxygen atoms in total. The topological polar surface area (TPSA) is 3.24 Å². The van der Waals surface area contributed by atoms with Gasteiger partial charge in [-0.3, -0.25) is 4.90 Å². The number of nitrogens with zero attached hydrogens (tertiary/aromatic N) is 1. The van der Waals surface area contributed by atoms with Crippen LogP contribution in [0.3, 0.4) is 0 Å². The van der Waals surface area contributed by atoms with Crippen LogP contribution in [-0.4, -0.2) is 18.0 Å². The van der Waals surface area contributed by atoms with Crippen LogP contribution in [0.25, 0.3) is 0 Å². The summed E-state index contributed by atoms with van der Waals surface area (Å²) in [5, 5.41) is 0. The van der Waals surface area contributed by atoms with Crippen molar-refractivity contribution in [3.8, 4) is 0 Å². The quantitative estimate of drug-likeness (QED) is 0.798. The smallest absolute Gasteiger partial charge is 0.123 e. The lowest BCUT2D eigenvalue weighted by Gasteiger charge is -2.35. The van der Waals surface area contributed by atoms with Crippen molar-refractivity contribution in [2.75, 3.05) is 13.1 Å². The second kappa shape index (κ2) is 6.19. The van der Waals surface area contributed by atoms with Gasteiger partial charge in [-0.05, 0) is 49.2 Å². The summed E-state index contributed by atoms with van der Waals surface area (Å²) in [4.78, 5) is 2.52. The van der Waals surface area contributed by atoms with Gasteiger partial charge in [0.1, 0.15) is 5.82 Å². The van der Waals surface area contributed by atoms with Crippen LogP contribution >= 0.6 is 0 Å². The van der Waals surface area contributed by atoms with Crippen LogP contribution in [0.2, 0.25) is 0 Å². The van der Waals surface area contributed by atoms with Crippen LogP contribution in [0.4, 0.5) is 4.39 Å². The van der Waals surface area contributed by atoms with Gasteiger partial charge in [0.25, 0.3) is 0 Å². The van der Waals surface area contributed by atoms with E-state index in [-0.39, 0.29) is 11.9 Å². The second-order valence-corrected chi connectivity index (χ2v) is 5.46. The zero-order valence-electron chi connectivity index (χ0n) is 11.6. The largest absolute Gasteiger partial charge is 0.292 e. The van der Waals surface area contributed by atoms with Gasteiger partial charge in [-0.15, -0.1) is 0 Å². The summed E-state index contributed by atoms with van der Waals surface area (Å²) < 4.78 is 13.2. The summed E-state index contributed by atoms with van der Waals surface area (Å²) in [6.07, 6.45) is 3.83. The number of halogens is 1. The molecule has 0 saturated carbocycles. The molecule has 0 radical (unpaired) electrons. The van der Waals surface area contributed by atoms with Crippen LogP contribution in [0.5, 0.6) is 0 Å². The van der Waals surface area contributed by atoms with E-state index in [9.17, 15) is 4.39 Å². The third kappa shape index (κ3) is 2.91. The first kappa shape index (κ1) is 13.3. The highest BCUT2D eigenvalue weighted by Crippen LogP contribution is 2.31. The number of likely N-dealkylation sites (tertiary alicyclic amines) is 1. The minimum absolute atomic E-state index is 0.167. The van der Waals surface area contributed by atoms with Crippen molar-refractivity contribution >= 4 is 0 Å². The van der Waals surface area contributed by atoms with Crippen molar-refractivity contribution in [3.05, 3.63) is 71.5 Å². The van der Waals surface area contributed by atoms with Gasteiger partial charge in [-0.2, -0.15) is 0 Å². The Morgan fingerprint density at radius 2 is 1.35 bits per heavy atom. The van der Waals surface area contributed by atoms with Crippen LogP contribution < -0.4 is 0 Å². The van der Waals surface area contributed by atoms with Gasteiger partial charge < -0.3 is 0 Å². The number of benzene rings is 2. The van der Waals surface area contributed by atoms with Crippen LogP contribution in [-0.2, 0) is 0 Å². The van der Waals surface area contributed by atoms with Gasteiger partial charge >= 0.3 is 0 Å². The fraction of sp³-hybridized carbons (Fsp3) is 0.333. The van der Waals surface area contributed by atoms with E-state index in [1.165, 1.54) is 30.4 Å². The lowest BCUT2D eigenvalue weighted by molar-refractivity contribution is 0.187. The highest BCUT2D eigenvalue weighted by Gasteiger charge is 2.23. The number of rotatable bonds is 3. The molecule has 0 N–H and O–H groups in total. The Morgan fingerprint density at radius 1 is 0.750 bits per heavy atom. The Morgan fingerprint density at radius 3 is 2.00 bits per heavy atom. The molecule has 1 unspecified atom stereocenters. The monoisotopic (exact) mass is 269 g/mol. The van der Waals surface area contributed by atoms with Crippen molar-refractivity contribution < 1.29 is 4.39 Å². The normalized spacial score (nSPS) is 17.9. The average Bonchev–Trinajstić information content (AvgIpc) is 2.52. The molecule has 0 aromatic heterocycles. The highest BCUT2D eigenvalue weighted by molar-refractivity contribution is 5.32. The summed E-state index contributed by atoms with van der Waals surface area (Å²) in [6, 6.07) is 17.8. The molecule has 104 valence electrons. The third-order valence-electron chi connectivity index (χ3n) is 4.06. The molecule has 0 bridgehead atoms. The molecule has 1 saturated heterocycles. The molecule has 1 aliphatic rings. The van der Waals surface area contributed by atoms with E-state index in [1.807, 2.05) is 18.2 Å². The van der Waals surface area contributed by atoms with E-state index >= 15 is 0 Å². The van der Waals surface area contributed by atoms with Crippen molar-refractivity contribution in [2.24, 2.45) is 0 Å². The van der Waals surface area contributed by atoms with Crippen molar-refractivity contribution in [1.82, 2.24) is 4.90 Å². The number of hydrogen-bond donors (Lipinski definition) is 0. The van der Waals surface area contributed by atoms with Crippen molar-refractivity contribution in [1.29, 1.82) is 0 Å². The first-order chi connectivity index (χ1) is 9.84. The fourth-order valence-electron chi connectivity index (χ4n) is 3.07. The van der Waals surface area contributed by atoms with Crippen molar-refractivity contribution in [3.63, 3.8) is 0 Å². The van der Waals surface area contributed by atoms with Gasteiger partial charge in [0.2, 0.25) is 0 Å². The summed E-state index contributed by atoms with van der Waals surface area (Å²) in [5.74, 6) is -0.167. The Labute approximate surface area is 120 Å². The summed E-state index contributed by atoms with van der Waals surface area (Å²) in [7, 11) is 0.